The van der Waals surface area contributed by atoms with Gasteiger partial charge in [0.2, 0.25) is 0 Å². The molecule has 0 saturated heterocycles. The van der Waals surface area contributed by atoms with Crippen LogP contribution in [0.2, 0.25) is 5.02 Å². The van der Waals surface area contributed by atoms with Gasteiger partial charge in [-0.1, -0.05) is 53.3 Å². The van der Waals surface area contributed by atoms with Crippen molar-refractivity contribution in [3.05, 3.63) is 70.0 Å². The fourth-order valence-electron chi connectivity index (χ4n) is 3.38. The average Bonchev–Trinajstić information content (AvgIpc) is 3.11. The van der Waals surface area contributed by atoms with Gasteiger partial charge in [-0.3, -0.25) is 4.79 Å². The van der Waals surface area contributed by atoms with E-state index in [9.17, 15) is 4.79 Å². The highest BCUT2D eigenvalue weighted by molar-refractivity contribution is 7.16. The molecule has 0 unspecified atom stereocenters. The molecule has 0 spiro atoms. The molecule has 0 aliphatic heterocycles. The molecular weight excluding hydrogens is 420 g/mol. The molecular formula is C23H21ClN2O3S. The van der Waals surface area contributed by atoms with Crippen molar-refractivity contribution in [2.45, 2.75) is 13.5 Å². The topological polar surface area (TPSA) is 52.8 Å². The van der Waals surface area contributed by atoms with Crippen molar-refractivity contribution in [2.24, 2.45) is 4.99 Å². The largest absolute Gasteiger partial charge is 0.496 e. The van der Waals surface area contributed by atoms with Crippen LogP contribution < -0.4 is 9.54 Å². The van der Waals surface area contributed by atoms with Crippen molar-refractivity contribution < 1.29 is 14.3 Å². The second kappa shape index (κ2) is 9.00. The van der Waals surface area contributed by atoms with Crippen molar-refractivity contribution >= 4 is 49.8 Å². The van der Waals surface area contributed by atoms with E-state index in [0.717, 1.165) is 21.0 Å². The van der Waals surface area contributed by atoms with Gasteiger partial charge in [-0.05, 0) is 42.0 Å². The molecule has 30 heavy (non-hydrogen) atoms. The summed E-state index contributed by atoms with van der Waals surface area (Å²) in [6, 6.07) is 17.2. The third-order valence-corrected chi connectivity index (χ3v) is 6.16. The molecule has 154 valence electrons. The zero-order valence-electron chi connectivity index (χ0n) is 16.7. The highest BCUT2D eigenvalue weighted by atomic mass is 35.5. The van der Waals surface area contributed by atoms with Gasteiger partial charge in [0, 0.05) is 13.2 Å². The Bertz CT molecular complexity index is 1290. The molecule has 5 nitrogen and oxygen atoms in total. The van der Waals surface area contributed by atoms with Crippen LogP contribution in [0.1, 0.15) is 17.3 Å². The Labute approximate surface area is 183 Å². The van der Waals surface area contributed by atoms with Crippen molar-refractivity contribution in [1.29, 1.82) is 0 Å². The van der Waals surface area contributed by atoms with Crippen LogP contribution in [0, 0.1) is 0 Å². The lowest BCUT2D eigenvalue weighted by Crippen LogP contribution is -2.20. The zero-order valence-corrected chi connectivity index (χ0v) is 18.3. The van der Waals surface area contributed by atoms with Crippen molar-refractivity contribution in [3.63, 3.8) is 0 Å². The number of rotatable bonds is 6. The summed E-state index contributed by atoms with van der Waals surface area (Å²) >= 11 is 7.88. The van der Waals surface area contributed by atoms with E-state index in [1.165, 1.54) is 11.3 Å². The maximum Gasteiger partial charge on any atom is 0.283 e. The van der Waals surface area contributed by atoms with Crippen LogP contribution in [-0.2, 0) is 11.3 Å². The SMILES string of the molecule is CCOCCn1c(=NC(=O)c2cc3ccccc3cc2OC)sc2cccc(Cl)c21. The standard InChI is InChI=1S/C23H21ClN2O3S/c1-3-29-12-11-26-21-18(24)9-6-10-20(21)30-23(26)25-22(27)17-13-15-7-4-5-8-16(15)14-19(17)28-2/h4-10,13-14H,3,11-12H2,1-2H3. The van der Waals surface area contributed by atoms with E-state index in [4.69, 9.17) is 21.1 Å². The Kier molecular flexibility index (Phi) is 6.18. The molecule has 0 atom stereocenters. The molecule has 1 amide bonds. The zero-order chi connectivity index (χ0) is 21.1. The molecule has 0 aliphatic rings. The summed E-state index contributed by atoms with van der Waals surface area (Å²) in [6.45, 7) is 3.63. The highest BCUT2D eigenvalue weighted by Gasteiger charge is 2.15. The van der Waals surface area contributed by atoms with Gasteiger partial charge in [0.15, 0.2) is 4.80 Å². The van der Waals surface area contributed by atoms with Gasteiger partial charge in [-0.2, -0.15) is 4.99 Å². The molecule has 1 aromatic heterocycles. The summed E-state index contributed by atoms with van der Waals surface area (Å²) in [5.74, 6) is 0.146. The predicted molar refractivity (Wildman–Crippen MR) is 122 cm³/mol. The molecule has 0 fully saturated rings. The maximum absolute atomic E-state index is 13.2. The Hall–Kier alpha value is -2.67. The number of aromatic nitrogens is 1. The smallest absolute Gasteiger partial charge is 0.283 e. The van der Waals surface area contributed by atoms with Crippen LogP contribution in [0.5, 0.6) is 5.75 Å². The number of hydrogen-bond donors (Lipinski definition) is 0. The van der Waals surface area contributed by atoms with Crippen molar-refractivity contribution in [2.75, 3.05) is 20.3 Å². The number of fused-ring (bicyclic) bond motifs is 2. The van der Waals surface area contributed by atoms with Crippen LogP contribution in [-0.4, -0.2) is 30.8 Å². The van der Waals surface area contributed by atoms with E-state index in [-0.39, 0.29) is 5.91 Å². The second-order valence-corrected chi connectivity index (χ2v) is 8.05. The minimum absolute atomic E-state index is 0.356. The number of methoxy groups -OCH3 is 1. The minimum atomic E-state index is -0.356. The number of carbonyl (C=O) groups is 1. The van der Waals surface area contributed by atoms with E-state index in [2.05, 4.69) is 4.99 Å². The molecule has 1 heterocycles. The van der Waals surface area contributed by atoms with Gasteiger partial charge in [-0.25, -0.2) is 0 Å². The maximum atomic E-state index is 13.2. The number of carbonyl (C=O) groups excluding carboxylic acids is 1. The number of para-hydroxylation sites is 1. The molecule has 0 radical (unpaired) electrons. The van der Waals surface area contributed by atoms with Gasteiger partial charge in [0.05, 0.1) is 34.5 Å². The molecule has 0 N–H and O–H groups in total. The van der Waals surface area contributed by atoms with E-state index >= 15 is 0 Å². The lowest BCUT2D eigenvalue weighted by molar-refractivity contribution is 0.0994. The van der Waals surface area contributed by atoms with Crippen LogP contribution in [0.3, 0.4) is 0 Å². The first kappa shape index (κ1) is 20.6. The fraction of sp³-hybridized carbons (Fsp3) is 0.217. The number of amides is 1. The van der Waals surface area contributed by atoms with E-state index in [1.54, 1.807) is 7.11 Å². The van der Waals surface area contributed by atoms with Gasteiger partial charge in [0.1, 0.15) is 5.75 Å². The Morgan fingerprint density at radius 1 is 1.13 bits per heavy atom. The van der Waals surface area contributed by atoms with Crippen molar-refractivity contribution in [1.82, 2.24) is 4.57 Å². The van der Waals surface area contributed by atoms with Gasteiger partial charge < -0.3 is 14.0 Å². The van der Waals surface area contributed by atoms with Gasteiger partial charge in [-0.15, -0.1) is 0 Å². The van der Waals surface area contributed by atoms with Crippen LogP contribution in [0.4, 0.5) is 0 Å². The molecule has 0 bridgehead atoms. The molecule has 0 aliphatic carbocycles. The number of halogens is 1. The Morgan fingerprint density at radius 3 is 2.63 bits per heavy atom. The first-order valence-corrected chi connectivity index (χ1v) is 10.8. The minimum Gasteiger partial charge on any atom is -0.496 e. The number of hydrogen-bond acceptors (Lipinski definition) is 4. The molecule has 4 rings (SSSR count). The summed E-state index contributed by atoms with van der Waals surface area (Å²) in [4.78, 5) is 18.2. The van der Waals surface area contributed by atoms with Gasteiger partial charge in [0.25, 0.3) is 5.91 Å². The normalized spacial score (nSPS) is 12.0. The third kappa shape index (κ3) is 3.99. The summed E-state index contributed by atoms with van der Waals surface area (Å²) in [5.41, 5.74) is 1.29. The van der Waals surface area contributed by atoms with Crippen LogP contribution in [0.15, 0.2) is 59.6 Å². The molecule has 3 aromatic carbocycles. The summed E-state index contributed by atoms with van der Waals surface area (Å²) in [7, 11) is 1.56. The van der Waals surface area contributed by atoms with Crippen LogP contribution >= 0.6 is 22.9 Å². The predicted octanol–water partition coefficient (Wildman–Crippen LogP) is 5.30. The van der Waals surface area contributed by atoms with E-state index in [0.29, 0.717) is 40.9 Å². The monoisotopic (exact) mass is 440 g/mol. The van der Waals surface area contributed by atoms with E-state index in [1.807, 2.05) is 66.1 Å². The van der Waals surface area contributed by atoms with Crippen LogP contribution in [0.25, 0.3) is 21.0 Å². The first-order valence-electron chi connectivity index (χ1n) is 9.63. The highest BCUT2D eigenvalue weighted by Crippen LogP contribution is 2.28. The Morgan fingerprint density at radius 2 is 1.90 bits per heavy atom. The number of benzene rings is 3. The summed E-state index contributed by atoms with van der Waals surface area (Å²) in [5, 5.41) is 2.59. The Balaban J connectivity index is 1.85. The number of ether oxygens (including phenoxy) is 2. The second-order valence-electron chi connectivity index (χ2n) is 6.64. The van der Waals surface area contributed by atoms with Gasteiger partial charge >= 0.3 is 0 Å². The van der Waals surface area contributed by atoms with E-state index < -0.39 is 0 Å². The number of nitrogens with zero attached hydrogens (tertiary/aromatic N) is 2. The first-order chi connectivity index (χ1) is 14.6. The molecule has 0 saturated carbocycles. The summed E-state index contributed by atoms with van der Waals surface area (Å²) in [6.07, 6.45) is 0. The average molecular weight is 441 g/mol. The third-order valence-electron chi connectivity index (χ3n) is 4.81. The fourth-order valence-corrected chi connectivity index (χ4v) is 4.80. The lowest BCUT2D eigenvalue weighted by atomic mass is 10.1. The molecule has 4 aromatic rings. The summed E-state index contributed by atoms with van der Waals surface area (Å²) < 4.78 is 13.9. The quantitative estimate of drug-likeness (QED) is 0.382. The lowest BCUT2D eigenvalue weighted by Gasteiger charge is -2.08. The number of thiazole rings is 1. The molecule has 7 heteroatoms. The van der Waals surface area contributed by atoms with Crippen molar-refractivity contribution in [3.8, 4) is 5.75 Å².